The number of nitro benzene ring substituents is 1. The third-order valence-corrected chi connectivity index (χ3v) is 6.16. The Balaban J connectivity index is 2.00. The van der Waals surface area contributed by atoms with Crippen LogP contribution in [0.4, 0.5) is 11.4 Å². The van der Waals surface area contributed by atoms with Gasteiger partial charge in [-0.25, -0.2) is 12.7 Å². The molecule has 0 saturated carbocycles. The van der Waals surface area contributed by atoms with Crippen LogP contribution in [0.3, 0.4) is 0 Å². The molecule has 0 saturated heterocycles. The summed E-state index contributed by atoms with van der Waals surface area (Å²) in [5.74, 6) is -1.55. The van der Waals surface area contributed by atoms with Crippen molar-refractivity contribution in [1.29, 1.82) is 0 Å². The van der Waals surface area contributed by atoms with Crippen molar-refractivity contribution in [3.63, 3.8) is 0 Å². The van der Waals surface area contributed by atoms with Crippen LogP contribution in [0.25, 0.3) is 0 Å². The molecule has 1 amide bonds. The zero-order valence-corrected chi connectivity index (χ0v) is 17.6. The molecule has 0 aliphatic rings. The summed E-state index contributed by atoms with van der Waals surface area (Å²) in [5, 5.41) is 13.4. The summed E-state index contributed by atoms with van der Waals surface area (Å²) in [6, 6.07) is 9.58. The average Bonchev–Trinajstić information content (AvgIpc) is 2.68. The van der Waals surface area contributed by atoms with E-state index in [0.29, 0.717) is 0 Å². The Morgan fingerprint density at radius 2 is 1.87 bits per heavy atom. The van der Waals surface area contributed by atoms with Crippen LogP contribution in [-0.4, -0.2) is 50.2 Å². The molecule has 30 heavy (non-hydrogen) atoms. The number of carbonyl (C=O) groups excluding carboxylic acids is 2. The Morgan fingerprint density at radius 1 is 1.20 bits per heavy atom. The predicted molar refractivity (Wildman–Crippen MR) is 109 cm³/mol. The number of halogens is 1. The molecular weight excluding hydrogens is 438 g/mol. The van der Waals surface area contributed by atoms with E-state index in [2.05, 4.69) is 5.32 Å². The highest BCUT2D eigenvalue weighted by atomic mass is 35.5. The highest BCUT2D eigenvalue weighted by Gasteiger charge is 2.22. The van der Waals surface area contributed by atoms with Gasteiger partial charge in [0.05, 0.1) is 16.4 Å². The summed E-state index contributed by atoms with van der Waals surface area (Å²) >= 11 is 5.94. The van der Waals surface area contributed by atoms with Crippen molar-refractivity contribution < 1.29 is 27.7 Å². The number of nitrogens with zero attached hydrogens (tertiary/aromatic N) is 2. The molecule has 0 radical (unpaired) electrons. The second kappa shape index (κ2) is 9.65. The van der Waals surface area contributed by atoms with Crippen molar-refractivity contribution in [2.45, 2.75) is 11.3 Å². The molecule has 2 rings (SSSR count). The summed E-state index contributed by atoms with van der Waals surface area (Å²) in [4.78, 5) is 34.1. The number of para-hydroxylation sites is 1. The van der Waals surface area contributed by atoms with Crippen molar-refractivity contribution in [3.8, 4) is 0 Å². The fourth-order valence-electron chi connectivity index (χ4n) is 2.36. The molecule has 0 spiro atoms. The number of rotatable bonds is 8. The molecular formula is C18H18ClN3O7S. The quantitative estimate of drug-likeness (QED) is 0.366. The number of nitro groups is 1. The maximum atomic E-state index is 12.3. The van der Waals surface area contributed by atoms with E-state index in [4.69, 9.17) is 16.3 Å². The number of hydrogen-bond donors (Lipinski definition) is 1. The second-order valence-corrected chi connectivity index (χ2v) is 8.73. The van der Waals surface area contributed by atoms with Crippen molar-refractivity contribution >= 4 is 44.9 Å². The fraction of sp³-hybridized carbons (Fsp3) is 0.222. The van der Waals surface area contributed by atoms with Gasteiger partial charge in [0.1, 0.15) is 4.90 Å². The van der Waals surface area contributed by atoms with Crippen LogP contribution in [-0.2, 0) is 30.8 Å². The van der Waals surface area contributed by atoms with Crippen LogP contribution >= 0.6 is 11.6 Å². The summed E-state index contributed by atoms with van der Waals surface area (Å²) in [5.41, 5.74) is 0.0680. The molecule has 1 N–H and O–H groups in total. The van der Waals surface area contributed by atoms with Gasteiger partial charge in [0.15, 0.2) is 6.61 Å². The van der Waals surface area contributed by atoms with Gasteiger partial charge in [0.2, 0.25) is 10.0 Å². The highest BCUT2D eigenvalue weighted by Crippen LogP contribution is 2.26. The first-order valence-electron chi connectivity index (χ1n) is 8.42. The van der Waals surface area contributed by atoms with Gasteiger partial charge in [-0.05, 0) is 18.2 Å². The van der Waals surface area contributed by atoms with Crippen LogP contribution in [0.5, 0.6) is 0 Å². The lowest BCUT2D eigenvalue weighted by Gasteiger charge is -2.14. The maximum absolute atomic E-state index is 12.3. The summed E-state index contributed by atoms with van der Waals surface area (Å²) in [7, 11) is -1.15. The number of amides is 1. The molecule has 160 valence electrons. The zero-order valence-electron chi connectivity index (χ0n) is 16.0. The minimum atomic E-state index is -3.83. The molecule has 0 bridgehead atoms. The van der Waals surface area contributed by atoms with E-state index in [1.807, 2.05) is 0 Å². The lowest BCUT2D eigenvalue weighted by Crippen LogP contribution is -2.24. The van der Waals surface area contributed by atoms with E-state index >= 15 is 0 Å². The molecule has 2 aromatic carbocycles. The third-order valence-electron chi connectivity index (χ3n) is 3.86. The second-order valence-electron chi connectivity index (χ2n) is 6.20. The predicted octanol–water partition coefficient (Wildman–Crippen LogP) is 2.22. The summed E-state index contributed by atoms with van der Waals surface area (Å²) in [6.07, 6.45) is -0.378. The number of nitrogens with one attached hydrogen (secondary N) is 1. The number of ether oxygens (including phenoxy) is 1. The van der Waals surface area contributed by atoms with E-state index in [1.54, 1.807) is 6.07 Å². The van der Waals surface area contributed by atoms with Crippen molar-refractivity contribution in [2.75, 3.05) is 26.0 Å². The van der Waals surface area contributed by atoms with Crippen molar-refractivity contribution in [1.82, 2.24) is 4.31 Å². The van der Waals surface area contributed by atoms with E-state index in [0.717, 1.165) is 4.31 Å². The van der Waals surface area contributed by atoms with Gasteiger partial charge in [-0.15, -0.1) is 0 Å². The Morgan fingerprint density at radius 3 is 2.50 bits per heavy atom. The van der Waals surface area contributed by atoms with Crippen molar-refractivity contribution in [3.05, 3.63) is 63.2 Å². The van der Waals surface area contributed by atoms with Crippen molar-refractivity contribution in [2.24, 2.45) is 0 Å². The number of carbonyl (C=O) groups is 2. The molecule has 0 aliphatic heterocycles. The average molecular weight is 456 g/mol. The summed E-state index contributed by atoms with van der Waals surface area (Å²) < 4.78 is 30.4. The van der Waals surface area contributed by atoms with E-state index in [-0.39, 0.29) is 33.3 Å². The number of benzene rings is 2. The number of esters is 1. The Kier molecular flexibility index (Phi) is 7.48. The van der Waals surface area contributed by atoms with Gasteiger partial charge >= 0.3 is 5.97 Å². The van der Waals surface area contributed by atoms with Crippen LogP contribution in [0.1, 0.15) is 5.56 Å². The molecule has 0 heterocycles. The fourth-order valence-corrected chi connectivity index (χ4v) is 3.76. The first-order valence-corrected chi connectivity index (χ1v) is 10.2. The topological polar surface area (TPSA) is 136 Å². The normalized spacial score (nSPS) is 11.2. The van der Waals surface area contributed by atoms with Gasteiger partial charge < -0.3 is 10.1 Å². The minimum absolute atomic E-state index is 0.0161. The molecule has 0 unspecified atom stereocenters. The summed E-state index contributed by atoms with van der Waals surface area (Å²) in [6.45, 7) is -0.655. The maximum Gasteiger partial charge on any atom is 0.311 e. The van der Waals surface area contributed by atoms with E-state index in [9.17, 15) is 28.1 Å². The van der Waals surface area contributed by atoms with Crippen LogP contribution < -0.4 is 5.32 Å². The third kappa shape index (κ3) is 5.75. The largest absolute Gasteiger partial charge is 0.455 e. The molecule has 0 aromatic heterocycles. The number of hydrogen-bond acceptors (Lipinski definition) is 7. The highest BCUT2D eigenvalue weighted by molar-refractivity contribution is 7.89. The molecule has 0 atom stereocenters. The lowest BCUT2D eigenvalue weighted by atomic mass is 10.1. The molecule has 2 aromatic rings. The first-order chi connectivity index (χ1) is 14.0. The monoisotopic (exact) mass is 455 g/mol. The van der Waals surface area contributed by atoms with Gasteiger partial charge in [0, 0.05) is 31.4 Å². The van der Waals surface area contributed by atoms with Gasteiger partial charge in [-0.3, -0.25) is 19.7 Å². The van der Waals surface area contributed by atoms with E-state index < -0.39 is 33.4 Å². The lowest BCUT2D eigenvalue weighted by molar-refractivity contribution is -0.385. The van der Waals surface area contributed by atoms with Gasteiger partial charge in [0.25, 0.3) is 11.6 Å². The Bertz CT molecular complexity index is 1090. The zero-order chi connectivity index (χ0) is 22.5. The Hall–Kier alpha value is -3.02. The SMILES string of the molecule is CN(C)S(=O)(=O)c1cc(NC(=O)COC(=O)Cc2ccccc2[N+](=O)[O-])ccc1Cl. The van der Waals surface area contributed by atoms with E-state index in [1.165, 1.54) is 50.5 Å². The van der Waals surface area contributed by atoms with Crippen LogP contribution in [0.2, 0.25) is 5.02 Å². The number of anilines is 1. The number of sulfonamides is 1. The Labute approximate surface area is 177 Å². The molecule has 0 fully saturated rings. The molecule has 0 aliphatic carbocycles. The van der Waals surface area contributed by atoms with Gasteiger partial charge in [-0.1, -0.05) is 29.8 Å². The minimum Gasteiger partial charge on any atom is -0.455 e. The first kappa shape index (κ1) is 23.3. The standard InChI is InChI=1S/C18H18ClN3O7S/c1-21(2)30(27,28)16-10-13(7-8-14(16)19)20-17(23)11-29-18(24)9-12-5-3-4-6-15(12)22(25)26/h3-8,10H,9,11H2,1-2H3,(H,20,23). The van der Waals surface area contributed by atoms with Gasteiger partial charge in [-0.2, -0.15) is 0 Å². The molecule has 10 nitrogen and oxygen atoms in total. The molecule has 12 heteroatoms. The smallest absolute Gasteiger partial charge is 0.311 e. The van der Waals surface area contributed by atoms with Crippen LogP contribution in [0, 0.1) is 10.1 Å². The van der Waals surface area contributed by atoms with Crippen LogP contribution in [0.15, 0.2) is 47.4 Å².